The molecule has 0 atom stereocenters. The van der Waals surface area contributed by atoms with Crippen LogP contribution in [0.15, 0.2) is 42.5 Å². The lowest BCUT2D eigenvalue weighted by Gasteiger charge is -2.19. The van der Waals surface area contributed by atoms with Crippen molar-refractivity contribution in [1.29, 1.82) is 0 Å². The van der Waals surface area contributed by atoms with Crippen molar-refractivity contribution in [3.8, 4) is 11.3 Å². The molecule has 0 spiro atoms. The van der Waals surface area contributed by atoms with E-state index in [9.17, 15) is 9.59 Å². The van der Waals surface area contributed by atoms with Gasteiger partial charge in [0.2, 0.25) is 0 Å². The quantitative estimate of drug-likeness (QED) is 0.860. The summed E-state index contributed by atoms with van der Waals surface area (Å²) >= 11 is 0. The van der Waals surface area contributed by atoms with E-state index >= 15 is 0 Å². The van der Waals surface area contributed by atoms with Gasteiger partial charge in [-0.3, -0.25) is 0 Å². The molecular weight excluding hydrogens is 320 g/mol. The number of nitrogens with zero attached hydrogens (tertiary/aromatic N) is 1. The molecule has 1 heterocycles. The zero-order chi connectivity index (χ0) is 18.4. The zero-order valence-electron chi connectivity index (χ0n) is 14.8. The van der Waals surface area contributed by atoms with Gasteiger partial charge in [-0.25, -0.2) is 14.6 Å². The Kier molecular flexibility index (Phi) is 5.75. The zero-order valence-corrected chi connectivity index (χ0v) is 14.8. The number of aromatic nitrogens is 1. The van der Waals surface area contributed by atoms with E-state index in [1.807, 2.05) is 51.1 Å². The fourth-order valence-corrected chi connectivity index (χ4v) is 2.14. The molecule has 2 aromatic rings. The molecule has 1 aromatic heterocycles. The van der Waals surface area contributed by atoms with Gasteiger partial charge in [-0.1, -0.05) is 24.3 Å². The minimum Gasteiger partial charge on any atom is -0.464 e. The highest BCUT2D eigenvalue weighted by molar-refractivity contribution is 5.87. The third-order valence-electron chi connectivity index (χ3n) is 3.20. The van der Waals surface area contributed by atoms with Crippen LogP contribution in [-0.4, -0.2) is 29.8 Å². The van der Waals surface area contributed by atoms with E-state index in [0.717, 1.165) is 11.1 Å². The van der Waals surface area contributed by atoms with Crippen molar-refractivity contribution >= 4 is 12.1 Å². The minimum absolute atomic E-state index is 0.247. The van der Waals surface area contributed by atoms with Crippen LogP contribution in [0.2, 0.25) is 0 Å². The molecule has 6 nitrogen and oxygen atoms in total. The highest BCUT2D eigenvalue weighted by atomic mass is 16.6. The number of carbonyl (C=O) groups excluding carboxylic acids is 2. The van der Waals surface area contributed by atoms with Crippen LogP contribution in [0.5, 0.6) is 0 Å². The van der Waals surface area contributed by atoms with E-state index in [0.29, 0.717) is 12.2 Å². The number of hydrogen-bond acceptors (Lipinski definition) is 5. The Morgan fingerprint density at radius 2 is 1.84 bits per heavy atom. The first-order valence-electron chi connectivity index (χ1n) is 7.90. The number of methoxy groups -OCH3 is 1. The van der Waals surface area contributed by atoms with E-state index in [1.165, 1.54) is 7.11 Å². The van der Waals surface area contributed by atoms with E-state index in [-0.39, 0.29) is 5.69 Å². The molecular formula is C19H22N2O4. The molecule has 0 radical (unpaired) electrons. The van der Waals surface area contributed by atoms with Crippen molar-refractivity contribution in [3.63, 3.8) is 0 Å². The van der Waals surface area contributed by atoms with Gasteiger partial charge in [0.25, 0.3) is 0 Å². The maximum Gasteiger partial charge on any atom is 0.407 e. The number of carbonyl (C=O) groups is 2. The van der Waals surface area contributed by atoms with Crippen molar-refractivity contribution in [1.82, 2.24) is 10.3 Å². The van der Waals surface area contributed by atoms with E-state index in [4.69, 9.17) is 9.47 Å². The maximum absolute atomic E-state index is 11.7. The number of ether oxygens (including phenoxy) is 2. The number of esters is 1. The van der Waals surface area contributed by atoms with Crippen LogP contribution >= 0.6 is 0 Å². The summed E-state index contributed by atoms with van der Waals surface area (Å²) < 4.78 is 9.91. The van der Waals surface area contributed by atoms with Gasteiger partial charge < -0.3 is 14.8 Å². The lowest BCUT2D eigenvalue weighted by molar-refractivity contribution is 0.0522. The lowest BCUT2D eigenvalue weighted by atomic mass is 10.1. The Morgan fingerprint density at radius 1 is 1.12 bits per heavy atom. The van der Waals surface area contributed by atoms with Crippen molar-refractivity contribution < 1.29 is 19.1 Å². The smallest absolute Gasteiger partial charge is 0.407 e. The van der Waals surface area contributed by atoms with Gasteiger partial charge in [0.1, 0.15) is 11.3 Å². The third kappa shape index (κ3) is 5.60. The number of benzene rings is 1. The Morgan fingerprint density at radius 3 is 2.52 bits per heavy atom. The van der Waals surface area contributed by atoms with Crippen molar-refractivity contribution in [2.24, 2.45) is 0 Å². The van der Waals surface area contributed by atoms with Crippen LogP contribution in [0.1, 0.15) is 36.8 Å². The Balaban J connectivity index is 2.11. The summed E-state index contributed by atoms with van der Waals surface area (Å²) in [5.41, 5.74) is 2.10. The molecule has 0 aliphatic carbocycles. The Labute approximate surface area is 147 Å². The number of amides is 1. The van der Waals surface area contributed by atoms with Crippen LogP contribution in [-0.2, 0) is 16.0 Å². The summed E-state index contributed by atoms with van der Waals surface area (Å²) in [5.74, 6) is -0.482. The number of pyridine rings is 1. The lowest BCUT2D eigenvalue weighted by Crippen LogP contribution is -2.32. The summed E-state index contributed by atoms with van der Waals surface area (Å²) in [5, 5.41) is 2.72. The van der Waals surface area contributed by atoms with Crippen molar-refractivity contribution in [3.05, 3.63) is 53.7 Å². The normalized spacial score (nSPS) is 10.9. The summed E-state index contributed by atoms with van der Waals surface area (Å²) in [7, 11) is 1.32. The molecule has 0 saturated carbocycles. The first kappa shape index (κ1) is 18.4. The second kappa shape index (κ2) is 7.79. The molecule has 132 valence electrons. The molecule has 2 rings (SSSR count). The van der Waals surface area contributed by atoms with Crippen LogP contribution in [0.25, 0.3) is 11.3 Å². The average molecular weight is 342 g/mol. The van der Waals surface area contributed by atoms with E-state index < -0.39 is 17.7 Å². The van der Waals surface area contributed by atoms with Crippen LogP contribution in [0, 0.1) is 0 Å². The average Bonchev–Trinajstić information content (AvgIpc) is 2.58. The summed E-state index contributed by atoms with van der Waals surface area (Å²) in [6.07, 6.45) is -0.469. The van der Waals surface area contributed by atoms with Crippen LogP contribution in [0.4, 0.5) is 4.79 Å². The van der Waals surface area contributed by atoms with Gasteiger partial charge in [-0.2, -0.15) is 0 Å². The van der Waals surface area contributed by atoms with Crippen LogP contribution in [0.3, 0.4) is 0 Å². The number of rotatable bonds is 4. The Hall–Kier alpha value is -2.89. The van der Waals surface area contributed by atoms with Crippen molar-refractivity contribution in [2.45, 2.75) is 32.9 Å². The van der Waals surface area contributed by atoms with Gasteiger partial charge in [0.15, 0.2) is 0 Å². The molecule has 6 heteroatoms. The highest BCUT2D eigenvalue weighted by Gasteiger charge is 2.15. The molecule has 0 saturated heterocycles. The number of hydrogen-bond donors (Lipinski definition) is 1. The predicted molar refractivity (Wildman–Crippen MR) is 94.1 cm³/mol. The second-order valence-corrected chi connectivity index (χ2v) is 6.46. The molecule has 0 fully saturated rings. The SMILES string of the molecule is COC(=O)c1cccc(-c2cccc(CNC(=O)OC(C)(C)C)c2)n1. The van der Waals surface area contributed by atoms with Gasteiger partial charge >= 0.3 is 12.1 Å². The highest BCUT2D eigenvalue weighted by Crippen LogP contribution is 2.19. The molecule has 0 aliphatic heterocycles. The first-order chi connectivity index (χ1) is 11.8. The van der Waals surface area contributed by atoms with Gasteiger partial charge in [-0.05, 0) is 44.5 Å². The molecule has 1 aromatic carbocycles. The standard InChI is InChI=1S/C19H22N2O4/c1-19(2,3)25-18(23)20-12-13-7-5-8-14(11-13)15-9-6-10-16(21-15)17(22)24-4/h5-11H,12H2,1-4H3,(H,20,23). The monoisotopic (exact) mass is 342 g/mol. The Bertz CT molecular complexity index is 766. The minimum atomic E-state index is -0.538. The molecule has 25 heavy (non-hydrogen) atoms. The molecule has 0 bridgehead atoms. The molecule has 0 aliphatic rings. The topological polar surface area (TPSA) is 77.5 Å². The maximum atomic E-state index is 11.7. The first-order valence-corrected chi connectivity index (χ1v) is 7.90. The number of nitrogens with one attached hydrogen (secondary N) is 1. The van der Waals surface area contributed by atoms with E-state index in [1.54, 1.807) is 12.1 Å². The summed E-state index contributed by atoms with van der Waals surface area (Å²) in [4.78, 5) is 27.7. The number of alkyl carbamates (subject to hydrolysis) is 1. The predicted octanol–water partition coefficient (Wildman–Crippen LogP) is 3.56. The summed E-state index contributed by atoms with van der Waals surface area (Å²) in [6.45, 7) is 5.77. The summed E-state index contributed by atoms with van der Waals surface area (Å²) in [6, 6.07) is 12.7. The molecule has 1 amide bonds. The fourth-order valence-electron chi connectivity index (χ4n) is 2.14. The van der Waals surface area contributed by atoms with E-state index in [2.05, 4.69) is 10.3 Å². The molecule has 0 unspecified atom stereocenters. The van der Waals surface area contributed by atoms with Crippen molar-refractivity contribution in [2.75, 3.05) is 7.11 Å². The molecule has 1 N–H and O–H groups in total. The van der Waals surface area contributed by atoms with Gasteiger partial charge in [0, 0.05) is 12.1 Å². The van der Waals surface area contributed by atoms with Gasteiger partial charge in [0.05, 0.1) is 12.8 Å². The third-order valence-corrected chi connectivity index (χ3v) is 3.20. The largest absolute Gasteiger partial charge is 0.464 e. The second-order valence-electron chi connectivity index (χ2n) is 6.46. The van der Waals surface area contributed by atoms with Gasteiger partial charge in [-0.15, -0.1) is 0 Å². The fraction of sp³-hybridized carbons (Fsp3) is 0.316. The van der Waals surface area contributed by atoms with Crippen LogP contribution < -0.4 is 5.32 Å².